The number of sulfonamides is 1. The molecule has 0 aliphatic rings. The second-order valence-electron chi connectivity index (χ2n) is 7.01. The van der Waals surface area contributed by atoms with Gasteiger partial charge in [-0.1, -0.05) is 6.07 Å². The highest BCUT2D eigenvalue weighted by molar-refractivity contribution is 7.92. The van der Waals surface area contributed by atoms with Crippen LogP contribution in [0.1, 0.15) is 27.0 Å². The zero-order valence-corrected chi connectivity index (χ0v) is 17.7. The maximum Gasteiger partial charge on any atom is 0.417 e. The van der Waals surface area contributed by atoms with Crippen molar-refractivity contribution in [2.45, 2.75) is 24.9 Å². The Morgan fingerprint density at radius 2 is 1.62 bits per heavy atom. The highest BCUT2D eigenvalue weighted by Crippen LogP contribution is 2.29. The molecule has 1 heterocycles. The summed E-state index contributed by atoms with van der Waals surface area (Å²) in [6.07, 6.45) is -4.19. The number of alkyl halides is 3. The van der Waals surface area contributed by atoms with Gasteiger partial charge in [0, 0.05) is 17.4 Å². The molecular weight excluding hydrogens is 447 g/mol. The largest absolute Gasteiger partial charge is 0.417 e. The fraction of sp³-hybridized carbons (Fsp3) is 0.143. The lowest BCUT2D eigenvalue weighted by Crippen LogP contribution is -2.21. The lowest BCUT2D eigenvalue weighted by Gasteiger charge is -2.11. The van der Waals surface area contributed by atoms with Gasteiger partial charge in [-0.3, -0.25) is 14.3 Å². The van der Waals surface area contributed by atoms with E-state index in [1.165, 1.54) is 36.4 Å². The summed E-state index contributed by atoms with van der Waals surface area (Å²) in [4.78, 5) is 26.1. The van der Waals surface area contributed by atoms with Gasteiger partial charge in [-0.2, -0.15) is 13.2 Å². The molecule has 0 aliphatic heterocycles. The van der Waals surface area contributed by atoms with Crippen LogP contribution in [0.15, 0.2) is 64.4 Å². The van der Waals surface area contributed by atoms with Crippen LogP contribution in [0, 0.1) is 13.8 Å². The molecule has 0 aliphatic carbocycles. The molecule has 32 heavy (non-hydrogen) atoms. The van der Waals surface area contributed by atoms with Crippen LogP contribution < -0.4 is 15.6 Å². The molecule has 3 aromatic rings. The molecular formula is C21H18F3N3O4S. The van der Waals surface area contributed by atoms with Crippen LogP contribution in [0.4, 0.5) is 24.5 Å². The van der Waals surface area contributed by atoms with E-state index in [-0.39, 0.29) is 16.1 Å². The van der Waals surface area contributed by atoms with Gasteiger partial charge in [-0.15, -0.1) is 0 Å². The van der Waals surface area contributed by atoms with Crippen molar-refractivity contribution in [1.82, 2.24) is 4.98 Å². The Morgan fingerprint density at radius 3 is 2.22 bits per heavy atom. The summed E-state index contributed by atoms with van der Waals surface area (Å²) in [7, 11) is -3.86. The zero-order valence-electron chi connectivity index (χ0n) is 16.9. The molecule has 0 unspecified atom stereocenters. The quantitative estimate of drug-likeness (QED) is 0.528. The van der Waals surface area contributed by atoms with E-state index in [1.807, 2.05) is 11.9 Å². The average Bonchev–Trinajstić information content (AvgIpc) is 2.71. The van der Waals surface area contributed by atoms with Gasteiger partial charge in [0.1, 0.15) is 5.69 Å². The minimum Gasteiger partial charge on any atom is -0.327 e. The second kappa shape index (κ2) is 8.50. The standard InChI is InChI=1S/C21H18F3N3O4S/c1-12-3-8-17(9-13(12)2)32(30,31)27-16-6-4-14(5-7-16)19(28)26-18-10-15(21(22,23)24)11-25-20(18)29/h3-11,27H,1-2H3,(H,25,29)(H,26,28). The summed E-state index contributed by atoms with van der Waals surface area (Å²) >= 11 is 0. The molecule has 3 N–H and O–H groups in total. The summed E-state index contributed by atoms with van der Waals surface area (Å²) in [6.45, 7) is 3.65. The van der Waals surface area contributed by atoms with Gasteiger partial charge in [-0.25, -0.2) is 8.42 Å². The molecule has 0 atom stereocenters. The van der Waals surface area contributed by atoms with Crippen LogP contribution >= 0.6 is 0 Å². The highest BCUT2D eigenvalue weighted by atomic mass is 32.2. The Morgan fingerprint density at radius 1 is 0.969 bits per heavy atom. The third-order valence-electron chi connectivity index (χ3n) is 4.67. The van der Waals surface area contributed by atoms with E-state index in [0.717, 1.165) is 11.1 Å². The van der Waals surface area contributed by atoms with E-state index in [1.54, 1.807) is 13.0 Å². The lowest BCUT2D eigenvalue weighted by atomic mass is 10.1. The second-order valence-corrected chi connectivity index (χ2v) is 8.69. The van der Waals surface area contributed by atoms with E-state index in [9.17, 15) is 31.2 Å². The molecule has 1 amide bonds. The van der Waals surface area contributed by atoms with E-state index in [2.05, 4.69) is 10.0 Å². The number of amides is 1. The molecule has 1 aromatic heterocycles. The topological polar surface area (TPSA) is 108 Å². The fourth-order valence-corrected chi connectivity index (χ4v) is 3.86. The van der Waals surface area contributed by atoms with Crippen molar-refractivity contribution >= 4 is 27.3 Å². The van der Waals surface area contributed by atoms with Crippen molar-refractivity contribution in [3.05, 3.63) is 87.3 Å². The van der Waals surface area contributed by atoms with Crippen LogP contribution in [0.2, 0.25) is 0 Å². The number of pyridine rings is 1. The number of nitrogens with one attached hydrogen (secondary N) is 3. The number of hydrogen-bond donors (Lipinski definition) is 3. The van der Waals surface area contributed by atoms with Crippen LogP contribution in [0.25, 0.3) is 0 Å². The number of halogens is 3. The maximum atomic E-state index is 12.8. The predicted molar refractivity (Wildman–Crippen MR) is 113 cm³/mol. The number of benzene rings is 2. The first-order valence-electron chi connectivity index (χ1n) is 9.18. The number of anilines is 2. The first kappa shape index (κ1) is 23.1. The summed E-state index contributed by atoms with van der Waals surface area (Å²) in [5, 5.41) is 2.12. The van der Waals surface area contributed by atoms with Gasteiger partial charge >= 0.3 is 6.18 Å². The number of rotatable bonds is 5. The molecule has 0 radical (unpaired) electrons. The Balaban J connectivity index is 1.76. The van der Waals surface area contributed by atoms with E-state index in [4.69, 9.17) is 0 Å². The number of aryl methyl sites for hydroxylation is 2. The van der Waals surface area contributed by atoms with Gasteiger partial charge in [-0.05, 0) is 67.4 Å². The number of hydrogen-bond acceptors (Lipinski definition) is 4. The molecule has 11 heteroatoms. The summed E-state index contributed by atoms with van der Waals surface area (Å²) in [5.41, 5.74) is -0.645. The minimum atomic E-state index is -4.70. The van der Waals surface area contributed by atoms with E-state index < -0.39 is 38.9 Å². The minimum absolute atomic E-state index is 0.0101. The van der Waals surface area contributed by atoms with Crippen molar-refractivity contribution in [3.8, 4) is 0 Å². The monoisotopic (exact) mass is 465 g/mol. The zero-order chi connectivity index (χ0) is 23.7. The van der Waals surface area contributed by atoms with Gasteiger partial charge in [0.05, 0.1) is 10.5 Å². The van der Waals surface area contributed by atoms with Crippen molar-refractivity contribution < 1.29 is 26.4 Å². The van der Waals surface area contributed by atoms with Gasteiger partial charge < -0.3 is 10.3 Å². The normalized spacial score (nSPS) is 11.8. The Hall–Kier alpha value is -3.60. The number of carbonyl (C=O) groups excluding carboxylic acids is 1. The van der Waals surface area contributed by atoms with Crippen molar-refractivity contribution in [2.24, 2.45) is 0 Å². The van der Waals surface area contributed by atoms with Crippen LogP contribution in [0.3, 0.4) is 0 Å². The highest BCUT2D eigenvalue weighted by Gasteiger charge is 2.31. The Kier molecular flexibility index (Phi) is 6.13. The first-order chi connectivity index (χ1) is 14.9. The summed E-state index contributed by atoms with van der Waals surface area (Å²) in [6, 6.07) is 10.4. The number of aromatic amines is 1. The van der Waals surface area contributed by atoms with Crippen LogP contribution in [-0.2, 0) is 16.2 Å². The van der Waals surface area contributed by atoms with Crippen molar-refractivity contribution in [3.63, 3.8) is 0 Å². The SMILES string of the molecule is Cc1ccc(S(=O)(=O)Nc2ccc(C(=O)Nc3cc(C(F)(F)F)c[nH]c3=O)cc2)cc1C. The third-order valence-corrected chi connectivity index (χ3v) is 6.05. The van der Waals surface area contributed by atoms with Gasteiger partial charge in [0.15, 0.2) is 0 Å². The molecule has 168 valence electrons. The molecule has 2 aromatic carbocycles. The van der Waals surface area contributed by atoms with Crippen molar-refractivity contribution in [2.75, 3.05) is 10.0 Å². The molecule has 0 saturated carbocycles. The maximum absolute atomic E-state index is 12.8. The summed E-state index contributed by atoms with van der Waals surface area (Å²) < 4.78 is 65.9. The number of carbonyl (C=O) groups is 1. The number of aromatic nitrogens is 1. The smallest absolute Gasteiger partial charge is 0.327 e. The van der Waals surface area contributed by atoms with Gasteiger partial charge in [0.2, 0.25) is 0 Å². The fourth-order valence-electron chi connectivity index (χ4n) is 2.72. The van der Waals surface area contributed by atoms with Crippen LogP contribution in [0.5, 0.6) is 0 Å². The average molecular weight is 465 g/mol. The van der Waals surface area contributed by atoms with Crippen molar-refractivity contribution in [1.29, 1.82) is 0 Å². The molecule has 0 fully saturated rings. The molecule has 7 nitrogen and oxygen atoms in total. The molecule has 0 saturated heterocycles. The first-order valence-corrected chi connectivity index (χ1v) is 10.7. The summed E-state index contributed by atoms with van der Waals surface area (Å²) in [5.74, 6) is -0.835. The Bertz CT molecular complexity index is 1330. The third kappa shape index (κ3) is 5.17. The van der Waals surface area contributed by atoms with E-state index in [0.29, 0.717) is 12.3 Å². The predicted octanol–water partition coefficient (Wildman–Crippen LogP) is 4.06. The van der Waals surface area contributed by atoms with E-state index >= 15 is 0 Å². The Labute approximate surface area is 181 Å². The number of H-pyrrole nitrogens is 1. The molecule has 3 rings (SSSR count). The molecule has 0 spiro atoms. The van der Waals surface area contributed by atoms with Gasteiger partial charge in [0.25, 0.3) is 21.5 Å². The lowest BCUT2D eigenvalue weighted by molar-refractivity contribution is -0.137. The van der Waals surface area contributed by atoms with Crippen LogP contribution in [-0.4, -0.2) is 19.3 Å². The molecule has 0 bridgehead atoms.